The summed E-state index contributed by atoms with van der Waals surface area (Å²) in [5.41, 5.74) is 8.77. The van der Waals surface area contributed by atoms with E-state index in [-0.39, 0.29) is 0 Å². The molecule has 0 aliphatic rings. The molecule has 0 fully saturated rings. The molecule has 0 saturated carbocycles. The Kier molecular flexibility index (Phi) is 3.72. The quantitative estimate of drug-likeness (QED) is 0.839. The van der Waals surface area contributed by atoms with Crippen LogP contribution < -0.4 is 15.2 Å². The van der Waals surface area contributed by atoms with Crippen LogP contribution in [0.5, 0.6) is 11.5 Å². The molecule has 0 bridgehead atoms. The highest BCUT2D eigenvalue weighted by Crippen LogP contribution is 2.19. The zero-order valence-corrected chi connectivity index (χ0v) is 10.6. The minimum atomic E-state index is 0.540. The maximum absolute atomic E-state index is 5.72. The van der Waals surface area contributed by atoms with Crippen LogP contribution in [0.15, 0.2) is 42.5 Å². The van der Waals surface area contributed by atoms with Gasteiger partial charge in [0.25, 0.3) is 0 Å². The fourth-order valence-electron chi connectivity index (χ4n) is 1.71. The average Bonchev–Trinajstić information content (AvgIpc) is 2.38. The Morgan fingerprint density at radius 3 is 2.28 bits per heavy atom. The smallest absolute Gasteiger partial charge is 0.120 e. The summed E-state index contributed by atoms with van der Waals surface area (Å²) in [6, 6.07) is 13.4. The molecule has 2 aromatic carbocycles. The van der Waals surface area contributed by atoms with Crippen LogP contribution in [0.25, 0.3) is 0 Å². The van der Waals surface area contributed by atoms with E-state index in [0.29, 0.717) is 6.61 Å². The highest BCUT2D eigenvalue weighted by atomic mass is 16.5. The van der Waals surface area contributed by atoms with Crippen LogP contribution in [0.2, 0.25) is 0 Å². The van der Waals surface area contributed by atoms with Crippen LogP contribution >= 0.6 is 0 Å². The van der Waals surface area contributed by atoms with E-state index >= 15 is 0 Å². The highest BCUT2D eigenvalue weighted by Gasteiger charge is 2.00. The Morgan fingerprint density at radius 1 is 1.00 bits per heavy atom. The third-order valence-corrected chi connectivity index (χ3v) is 2.82. The molecule has 94 valence electrons. The fourth-order valence-corrected chi connectivity index (χ4v) is 1.71. The van der Waals surface area contributed by atoms with Gasteiger partial charge in [-0.25, -0.2) is 0 Å². The Morgan fingerprint density at radius 2 is 1.67 bits per heavy atom. The van der Waals surface area contributed by atoms with Gasteiger partial charge in [-0.15, -0.1) is 0 Å². The summed E-state index contributed by atoms with van der Waals surface area (Å²) < 4.78 is 10.8. The first kappa shape index (κ1) is 12.3. The number of nitrogen functional groups attached to an aromatic ring is 1. The van der Waals surface area contributed by atoms with E-state index in [1.54, 1.807) is 7.11 Å². The number of rotatable bonds is 4. The number of hydrogen-bond donors (Lipinski definition) is 1. The summed E-state index contributed by atoms with van der Waals surface area (Å²) in [5, 5.41) is 0. The molecule has 0 unspecified atom stereocenters. The maximum atomic E-state index is 5.72. The molecule has 0 spiro atoms. The number of nitrogens with two attached hydrogens (primary N) is 1. The largest absolute Gasteiger partial charge is 0.497 e. The van der Waals surface area contributed by atoms with E-state index < -0.39 is 0 Å². The van der Waals surface area contributed by atoms with Crippen molar-refractivity contribution in [2.75, 3.05) is 12.8 Å². The van der Waals surface area contributed by atoms with E-state index in [1.165, 1.54) is 0 Å². The second-order valence-electron chi connectivity index (χ2n) is 4.15. The summed E-state index contributed by atoms with van der Waals surface area (Å²) in [7, 11) is 1.65. The summed E-state index contributed by atoms with van der Waals surface area (Å²) in [5.74, 6) is 1.65. The van der Waals surface area contributed by atoms with Crippen molar-refractivity contribution >= 4 is 5.69 Å². The predicted molar refractivity (Wildman–Crippen MR) is 72.9 cm³/mol. The first-order valence-electron chi connectivity index (χ1n) is 5.81. The summed E-state index contributed by atoms with van der Waals surface area (Å²) >= 11 is 0. The van der Waals surface area contributed by atoms with Gasteiger partial charge in [0.2, 0.25) is 0 Å². The molecule has 0 aliphatic heterocycles. The molecular formula is C15H17NO2. The van der Waals surface area contributed by atoms with E-state index in [2.05, 4.69) is 0 Å². The zero-order valence-electron chi connectivity index (χ0n) is 10.6. The van der Waals surface area contributed by atoms with E-state index in [4.69, 9.17) is 15.2 Å². The van der Waals surface area contributed by atoms with Gasteiger partial charge in [-0.2, -0.15) is 0 Å². The van der Waals surface area contributed by atoms with Gasteiger partial charge in [-0.05, 0) is 54.4 Å². The Hall–Kier alpha value is -2.16. The van der Waals surface area contributed by atoms with Crippen molar-refractivity contribution in [3.8, 4) is 11.5 Å². The van der Waals surface area contributed by atoms with Crippen molar-refractivity contribution in [2.45, 2.75) is 13.5 Å². The van der Waals surface area contributed by atoms with Crippen molar-refractivity contribution in [1.29, 1.82) is 0 Å². The van der Waals surface area contributed by atoms with Gasteiger partial charge in [-0.3, -0.25) is 0 Å². The van der Waals surface area contributed by atoms with Crippen LogP contribution in [-0.2, 0) is 6.61 Å². The molecule has 2 N–H and O–H groups in total. The van der Waals surface area contributed by atoms with Crippen molar-refractivity contribution in [1.82, 2.24) is 0 Å². The monoisotopic (exact) mass is 243 g/mol. The lowest BCUT2D eigenvalue weighted by Crippen LogP contribution is -1.99. The standard InChI is InChI=1S/C15H17NO2/c1-11-9-13(16)4-3-12(11)10-18-15-7-5-14(17-2)6-8-15/h3-9H,10,16H2,1-2H3. The molecule has 0 atom stereocenters. The maximum Gasteiger partial charge on any atom is 0.120 e. The molecule has 0 amide bonds. The predicted octanol–water partition coefficient (Wildman–Crippen LogP) is 3.16. The van der Waals surface area contributed by atoms with Crippen LogP contribution in [0.1, 0.15) is 11.1 Å². The lowest BCUT2D eigenvalue weighted by atomic mass is 10.1. The van der Waals surface area contributed by atoms with E-state index in [9.17, 15) is 0 Å². The Bertz CT molecular complexity index is 521. The third kappa shape index (κ3) is 2.94. The van der Waals surface area contributed by atoms with Crippen LogP contribution in [-0.4, -0.2) is 7.11 Å². The third-order valence-electron chi connectivity index (χ3n) is 2.82. The normalized spacial score (nSPS) is 10.1. The minimum absolute atomic E-state index is 0.540. The lowest BCUT2D eigenvalue weighted by molar-refractivity contribution is 0.304. The first-order valence-corrected chi connectivity index (χ1v) is 5.81. The topological polar surface area (TPSA) is 44.5 Å². The summed E-state index contributed by atoms with van der Waals surface area (Å²) in [6.07, 6.45) is 0. The van der Waals surface area contributed by atoms with Crippen molar-refractivity contribution in [3.05, 3.63) is 53.6 Å². The van der Waals surface area contributed by atoms with Gasteiger partial charge in [0.15, 0.2) is 0 Å². The van der Waals surface area contributed by atoms with Gasteiger partial charge in [-0.1, -0.05) is 6.07 Å². The van der Waals surface area contributed by atoms with Crippen molar-refractivity contribution in [2.24, 2.45) is 0 Å². The molecule has 0 heterocycles. The molecule has 18 heavy (non-hydrogen) atoms. The van der Waals surface area contributed by atoms with Crippen LogP contribution in [0.4, 0.5) is 5.69 Å². The molecular weight excluding hydrogens is 226 g/mol. The number of ether oxygens (including phenoxy) is 2. The number of aryl methyl sites for hydroxylation is 1. The van der Waals surface area contributed by atoms with Crippen molar-refractivity contribution in [3.63, 3.8) is 0 Å². The molecule has 2 aromatic rings. The molecule has 0 aliphatic carbocycles. The van der Waals surface area contributed by atoms with Crippen LogP contribution in [0.3, 0.4) is 0 Å². The SMILES string of the molecule is COc1ccc(OCc2ccc(N)cc2C)cc1. The molecule has 2 rings (SSSR count). The summed E-state index contributed by atoms with van der Waals surface area (Å²) in [6.45, 7) is 2.57. The van der Waals surface area contributed by atoms with Crippen LogP contribution in [0, 0.1) is 6.92 Å². The van der Waals surface area contributed by atoms with Crippen molar-refractivity contribution < 1.29 is 9.47 Å². The molecule has 0 aromatic heterocycles. The van der Waals surface area contributed by atoms with Gasteiger partial charge in [0.05, 0.1) is 7.11 Å². The molecule has 3 nitrogen and oxygen atoms in total. The number of hydrogen-bond acceptors (Lipinski definition) is 3. The molecule has 3 heteroatoms. The number of methoxy groups -OCH3 is 1. The zero-order chi connectivity index (χ0) is 13.0. The molecule has 0 radical (unpaired) electrons. The minimum Gasteiger partial charge on any atom is -0.497 e. The van der Waals surface area contributed by atoms with E-state index in [1.807, 2.05) is 49.4 Å². The second kappa shape index (κ2) is 5.45. The number of benzene rings is 2. The Labute approximate surface area is 107 Å². The fraction of sp³-hybridized carbons (Fsp3) is 0.200. The van der Waals surface area contributed by atoms with Gasteiger partial charge in [0.1, 0.15) is 18.1 Å². The average molecular weight is 243 g/mol. The highest BCUT2D eigenvalue weighted by molar-refractivity contribution is 5.44. The first-order chi connectivity index (χ1) is 8.69. The second-order valence-corrected chi connectivity index (χ2v) is 4.15. The Balaban J connectivity index is 2.02. The number of anilines is 1. The van der Waals surface area contributed by atoms with Gasteiger partial charge < -0.3 is 15.2 Å². The molecule has 0 saturated heterocycles. The summed E-state index contributed by atoms with van der Waals surface area (Å²) in [4.78, 5) is 0. The van der Waals surface area contributed by atoms with Gasteiger partial charge >= 0.3 is 0 Å². The van der Waals surface area contributed by atoms with E-state index in [0.717, 1.165) is 28.3 Å². The lowest BCUT2D eigenvalue weighted by Gasteiger charge is -2.09. The van der Waals surface area contributed by atoms with Gasteiger partial charge in [0, 0.05) is 5.69 Å².